The zero-order valence-corrected chi connectivity index (χ0v) is 15.3. The lowest BCUT2D eigenvalue weighted by molar-refractivity contribution is -0.137. The zero-order chi connectivity index (χ0) is 18.4. The van der Waals surface area contributed by atoms with Gasteiger partial charge in [-0.25, -0.2) is 9.79 Å². The molecule has 8 nitrogen and oxygen atoms in total. The monoisotopic (exact) mass is 357 g/mol. The van der Waals surface area contributed by atoms with Gasteiger partial charge >= 0.3 is 6.03 Å². The van der Waals surface area contributed by atoms with Crippen LogP contribution in [0.4, 0.5) is 10.5 Å². The van der Waals surface area contributed by atoms with Gasteiger partial charge in [-0.2, -0.15) is 0 Å². The van der Waals surface area contributed by atoms with Crippen LogP contribution in [0.25, 0.3) is 0 Å². The second-order valence-corrected chi connectivity index (χ2v) is 6.84. The summed E-state index contributed by atoms with van der Waals surface area (Å²) in [6.45, 7) is 4.11. The number of rotatable bonds is 4. The number of aryl methyl sites for hydroxylation is 1. The number of aliphatic imine (C=N–C) groups is 1. The van der Waals surface area contributed by atoms with Crippen molar-refractivity contribution in [3.05, 3.63) is 29.8 Å². The van der Waals surface area contributed by atoms with Crippen LogP contribution in [0.15, 0.2) is 29.3 Å². The molecular weight excluding hydrogens is 334 g/mol. The van der Waals surface area contributed by atoms with Gasteiger partial charge in [0.15, 0.2) is 12.2 Å². The first kappa shape index (κ1) is 16.8. The average Bonchev–Trinajstić information content (AvgIpc) is 3.20. The number of nitrogens with zero attached hydrogens (tertiary/aromatic N) is 5. The molecule has 3 aliphatic rings. The summed E-state index contributed by atoms with van der Waals surface area (Å²) in [5.41, 5.74) is 2.24. The number of hydrogen-bond acceptors (Lipinski definition) is 6. The highest BCUT2D eigenvalue weighted by Gasteiger charge is 2.54. The summed E-state index contributed by atoms with van der Waals surface area (Å²) in [7, 11) is 3.26. The third kappa shape index (κ3) is 2.44. The molecule has 2 fully saturated rings. The standard InChI is InChI=1S/C18H23N5O3/c1-12-4-6-13(7-5-12)21-8-9-22-14-15(19-17(21)22)20(2)18(25)23(16(14)24)10-11-26-3/h4-7,14-15H,8-11H2,1-3H3. The number of ether oxygens (including phenoxy) is 1. The number of likely N-dealkylation sites (N-methyl/N-ethyl adjacent to an activating group) is 1. The van der Waals surface area contributed by atoms with Gasteiger partial charge in [0.1, 0.15) is 0 Å². The van der Waals surface area contributed by atoms with Crippen molar-refractivity contribution in [3.8, 4) is 0 Å². The maximum absolute atomic E-state index is 13.0. The third-order valence-corrected chi connectivity index (χ3v) is 5.24. The number of fused-ring (bicyclic) bond motifs is 3. The summed E-state index contributed by atoms with van der Waals surface area (Å²) >= 11 is 0. The van der Waals surface area contributed by atoms with E-state index in [2.05, 4.69) is 36.1 Å². The highest BCUT2D eigenvalue weighted by Crippen LogP contribution is 2.33. The van der Waals surface area contributed by atoms with Crippen molar-refractivity contribution < 1.29 is 14.3 Å². The first-order valence-corrected chi connectivity index (χ1v) is 8.78. The fourth-order valence-corrected chi connectivity index (χ4v) is 3.79. The van der Waals surface area contributed by atoms with Crippen LogP contribution in [-0.4, -0.2) is 85.2 Å². The molecular formula is C18H23N5O3. The van der Waals surface area contributed by atoms with Crippen LogP contribution in [0.5, 0.6) is 0 Å². The zero-order valence-electron chi connectivity index (χ0n) is 15.3. The van der Waals surface area contributed by atoms with E-state index < -0.39 is 12.2 Å². The third-order valence-electron chi connectivity index (χ3n) is 5.24. The van der Waals surface area contributed by atoms with E-state index >= 15 is 0 Å². The van der Waals surface area contributed by atoms with Gasteiger partial charge in [0.2, 0.25) is 5.96 Å². The number of anilines is 1. The van der Waals surface area contributed by atoms with E-state index in [4.69, 9.17) is 9.73 Å². The summed E-state index contributed by atoms with van der Waals surface area (Å²) in [6.07, 6.45) is -0.475. The smallest absolute Gasteiger partial charge is 0.328 e. The van der Waals surface area contributed by atoms with Gasteiger partial charge < -0.3 is 19.4 Å². The van der Waals surface area contributed by atoms with E-state index in [1.807, 2.05) is 4.90 Å². The molecule has 2 saturated heterocycles. The molecule has 3 heterocycles. The fourth-order valence-electron chi connectivity index (χ4n) is 3.79. The van der Waals surface area contributed by atoms with Crippen LogP contribution in [0.3, 0.4) is 0 Å². The molecule has 3 aliphatic heterocycles. The number of urea groups is 1. The Hall–Kier alpha value is -2.61. The lowest BCUT2D eigenvalue weighted by Gasteiger charge is -2.40. The molecule has 0 radical (unpaired) electrons. The largest absolute Gasteiger partial charge is 0.383 e. The molecule has 138 valence electrons. The molecule has 26 heavy (non-hydrogen) atoms. The number of methoxy groups -OCH3 is 1. The molecule has 0 aliphatic carbocycles. The predicted molar refractivity (Wildman–Crippen MR) is 97.0 cm³/mol. The maximum atomic E-state index is 13.0. The Kier molecular flexibility index (Phi) is 4.07. The molecule has 0 aromatic heterocycles. The molecule has 1 aromatic carbocycles. The van der Waals surface area contributed by atoms with Gasteiger partial charge in [-0.3, -0.25) is 9.69 Å². The number of benzene rings is 1. The summed E-state index contributed by atoms with van der Waals surface area (Å²) in [5.74, 6) is 0.574. The molecule has 2 unspecified atom stereocenters. The number of amides is 3. The summed E-state index contributed by atoms with van der Waals surface area (Å²) in [6, 6.07) is 7.47. The predicted octanol–water partition coefficient (Wildman–Crippen LogP) is 0.722. The highest BCUT2D eigenvalue weighted by atomic mass is 16.5. The SMILES string of the molecule is COCCN1C(=O)C2C(N=C3N(c4ccc(C)cc4)CCN32)N(C)C1=O. The molecule has 2 atom stereocenters. The normalized spacial score (nSPS) is 25.0. The van der Waals surface area contributed by atoms with Gasteiger partial charge in [-0.05, 0) is 19.1 Å². The lowest BCUT2D eigenvalue weighted by atomic mass is 10.1. The summed E-state index contributed by atoms with van der Waals surface area (Å²) in [5, 5.41) is 0. The Morgan fingerprint density at radius 3 is 2.62 bits per heavy atom. The molecule has 0 N–H and O–H groups in total. The van der Waals surface area contributed by atoms with E-state index in [0.717, 1.165) is 18.2 Å². The quantitative estimate of drug-likeness (QED) is 0.794. The summed E-state index contributed by atoms with van der Waals surface area (Å²) in [4.78, 5) is 37.3. The Bertz CT molecular complexity index is 763. The van der Waals surface area contributed by atoms with Crippen molar-refractivity contribution in [2.45, 2.75) is 19.1 Å². The second kappa shape index (κ2) is 6.28. The molecule has 0 spiro atoms. The topological polar surface area (TPSA) is 68.7 Å². The van der Waals surface area contributed by atoms with Crippen LogP contribution < -0.4 is 4.90 Å². The first-order chi connectivity index (χ1) is 12.5. The molecule has 1 aromatic rings. The van der Waals surface area contributed by atoms with E-state index in [1.54, 1.807) is 19.1 Å². The Labute approximate surface area is 152 Å². The van der Waals surface area contributed by atoms with Crippen molar-refractivity contribution in [3.63, 3.8) is 0 Å². The minimum absolute atomic E-state index is 0.195. The van der Waals surface area contributed by atoms with Crippen molar-refractivity contribution in [1.82, 2.24) is 14.7 Å². The van der Waals surface area contributed by atoms with Gasteiger partial charge in [0.25, 0.3) is 5.91 Å². The van der Waals surface area contributed by atoms with Crippen molar-refractivity contribution in [2.24, 2.45) is 4.99 Å². The lowest BCUT2D eigenvalue weighted by Crippen LogP contribution is -2.65. The molecule has 8 heteroatoms. The number of hydrogen-bond donors (Lipinski definition) is 0. The van der Waals surface area contributed by atoms with Crippen LogP contribution in [-0.2, 0) is 9.53 Å². The van der Waals surface area contributed by atoms with E-state index in [9.17, 15) is 9.59 Å². The Morgan fingerprint density at radius 2 is 1.92 bits per heavy atom. The van der Waals surface area contributed by atoms with E-state index in [-0.39, 0.29) is 18.5 Å². The van der Waals surface area contributed by atoms with Crippen LogP contribution in [0.2, 0.25) is 0 Å². The minimum atomic E-state index is -0.475. The number of carbonyl (C=O) groups excluding carboxylic acids is 2. The molecule has 3 amide bonds. The van der Waals surface area contributed by atoms with Gasteiger partial charge in [-0.1, -0.05) is 17.7 Å². The van der Waals surface area contributed by atoms with Gasteiger partial charge in [0, 0.05) is 32.9 Å². The average molecular weight is 357 g/mol. The van der Waals surface area contributed by atoms with E-state index in [1.165, 1.54) is 10.5 Å². The maximum Gasteiger partial charge on any atom is 0.328 e. The van der Waals surface area contributed by atoms with Gasteiger partial charge in [-0.15, -0.1) is 0 Å². The second-order valence-electron chi connectivity index (χ2n) is 6.84. The number of imide groups is 1. The summed E-state index contributed by atoms with van der Waals surface area (Å²) < 4.78 is 5.04. The molecule has 4 rings (SSSR count). The molecule has 0 bridgehead atoms. The van der Waals surface area contributed by atoms with Crippen LogP contribution in [0, 0.1) is 6.92 Å². The minimum Gasteiger partial charge on any atom is -0.383 e. The van der Waals surface area contributed by atoms with Crippen LogP contribution >= 0.6 is 0 Å². The molecule has 0 saturated carbocycles. The van der Waals surface area contributed by atoms with Crippen molar-refractivity contribution in [1.29, 1.82) is 0 Å². The Morgan fingerprint density at radius 1 is 1.19 bits per heavy atom. The highest BCUT2D eigenvalue weighted by molar-refractivity contribution is 6.07. The van der Waals surface area contributed by atoms with Crippen molar-refractivity contribution in [2.75, 3.05) is 45.3 Å². The first-order valence-electron chi connectivity index (χ1n) is 8.78. The van der Waals surface area contributed by atoms with Crippen molar-refractivity contribution >= 4 is 23.6 Å². The fraction of sp³-hybridized carbons (Fsp3) is 0.500. The Balaban J connectivity index is 1.63. The van der Waals surface area contributed by atoms with Gasteiger partial charge in [0.05, 0.1) is 13.2 Å². The van der Waals surface area contributed by atoms with E-state index in [0.29, 0.717) is 13.2 Å². The number of guanidine groups is 1. The van der Waals surface area contributed by atoms with Crippen LogP contribution in [0.1, 0.15) is 5.56 Å². The number of carbonyl (C=O) groups is 2.